The second-order valence-electron chi connectivity index (χ2n) is 5.38. The molecule has 1 N–H and O–H groups in total. The second-order valence-corrected chi connectivity index (χ2v) is 5.38. The third-order valence-electron chi connectivity index (χ3n) is 4.20. The molecule has 0 spiro atoms. The molecule has 0 amide bonds. The van der Waals surface area contributed by atoms with Gasteiger partial charge in [-0.15, -0.1) is 0 Å². The lowest BCUT2D eigenvalue weighted by Gasteiger charge is -2.24. The number of para-hydroxylation sites is 1. The zero-order chi connectivity index (χ0) is 13.7. The molecule has 1 aromatic carbocycles. The van der Waals surface area contributed by atoms with Gasteiger partial charge in [-0.3, -0.25) is 10.1 Å². The molecule has 1 aliphatic rings. The summed E-state index contributed by atoms with van der Waals surface area (Å²) in [5, 5.41) is 14.5. The quantitative estimate of drug-likeness (QED) is 0.514. The van der Waals surface area contributed by atoms with E-state index in [1.807, 2.05) is 19.2 Å². The van der Waals surface area contributed by atoms with Crippen molar-refractivity contribution in [2.45, 2.75) is 44.6 Å². The molecule has 4 heteroatoms. The molecule has 19 heavy (non-hydrogen) atoms. The molecule has 1 fully saturated rings. The number of nitro benzene ring substituents is 1. The van der Waals surface area contributed by atoms with Crippen molar-refractivity contribution in [3.63, 3.8) is 0 Å². The summed E-state index contributed by atoms with van der Waals surface area (Å²) < 4.78 is 0. The lowest BCUT2D eigenvalue weighted by Crippen LogP contribution is -2.34. The van der Waals surface area contributed by atoms with Crippen LogP contribution < -0.4 is 5.32 Å². The van der Waals surface area contributed by atoms with Crippen LogP contribution in [-0.2, 0) is 6.42 Å². The Morgan fingerprint density at radius 3 is 2.74 bits per heavy atom. The molecule has 4 nitrogen and oxygen atoms in total. The van der Waals surface area contributed by atoms with Gasteiger partial charge in [0, 0.05) is 17.7 Å². The van der Waals surface area contributed by atoms with Gasteiger partial charge in [-0.25, -0.2) is 0 Å². The van der Waals surface area contributed by atoms with Crippen LogP contribution in [0.3, 0.4) is 0 Å². The Kier molecular flexibility index (Phi) is 4.91. The lowest BCUT2D eigenvalue weighted by atomic mass is 9.88. The van der Waals surface area contributed by atoms with Crippen LogP contribution in [0.4, 0.5) is 5.69 Å². The fraction of sp³-hybridized carbons (Fsp3) is 0.600. The van der Waals surface area contributed by atoms with Gasteiger partial charge < -0.3 is 5.32 Å². The van der Waals surface area contributed by atoms with E-state index in [4.69, 9.17) is 0 Å². The normalized spacial score (nSPS) is 23.8. The Bertz CT molecular complexity index is 434. The van der Waals surface area contributed by atoms with E-state index in [9.17, 15) is 10.1 Å². The molecule has 2 atom stereocenters. The number of hydrogen-bond donors (Lipinski definition) is 1. The van der Waals surface area contributed by atoms with E-state index < -0.39 is 0 Å². The van der Waals surface area contributed by atoms with Gasteiger partial charge >= 0.3 is 0 Å². The minimum atomic E-state index is -0.263. The predicted molar refractivity (Wildman–Crippen MR) is 76.2 cm³/mol. The smallest absolute Gasteiger partial charge is 0.272 e. The average molecular weight is 262 g/mol. The van der Waals surface area contributed by atoms with Crippen molar-refractivity contribution in [2.24, 2.45) is 5.92 Å². The monoisotopic (exact) mass is 262 g/mol. The van der Waals surface area contributed by atoms with Crippen molar-refractivity contribution in [1.82, 2.24) is 5.32 Å². The molecule has 1 aliphatic carbocycles. The maximum atomic E-state index is 11.1. The van der Waals surface area contributed by atoms with E-state index in [1.165, 1.54) is 25.7 Å². The van der Waals surface area contributed by atoms with Gasteiger partial charge in [0.05, 0.1) is 4.92 Å². The molecule has 0 radical (unpaired) electrons. The van der Waals surface area contributed by atoms with Crippen molar-refractivity contribution < 1.29 is 4.92 Å². The van der Waals surface area contributed by atoms with E-state index >= 15 is 0 Å². The molecular weight excluding hydrogens is 240 g/mol. The number of nitrogens with zero attached hydrogens (tertiary/aromatic N) is 1. The number of rotatable bonds is 4. The summed E-state index contributed by atoms with van der Waals surface area (Å²) in [6.45, 7) is 0. The van der Waals surface area contributed by atoms with Crippen LogP contribution >= 0.6 is 0 Å². The molecule has 0 saturated heterocycles. The standard InChI is InChI=1S/C15H22N2O2/c1-16-14-9-4-2-3-7-12(14)11-13-8-5-6-10-15(13)17(18)19/h5-6,8,10,12,14,16H,2-4,7,9,11H2,1H3. The molecule has 0 bridgehead atoms. The minimum absolute atomic E-state index is 0.263. The van der Waals surface area contributed by atoms with E-state index in [1.54, 1.807) is 12.1 Å². The Balaban J connectivity index is 2.16. The van der Waals surface area contributed by atoms with Gasteiger partial charge in [-0.05, 0) is 32.2 Å². The number of hydrogen-bond acceptors (Lipinski definition) is 3. The maximum Gasteiger partial charge on any atom is 0.272 e. The maximum absolute atomic E-state index is 11.1. The molecular formula is C15H22N2O2. The highest BCUT2D eigenvalue weighted by Gasteiger charge is 2.25. The Morgan fingerprint density at radius 1 is 1.26 bits per heavy atom. The summed E-state index contributed by atoms with van der Waals surface area (Å²) in [6.07, 6.45) is 6.94. The van der Waals surface area contributed by atoms with Gasteiger partial charge in [0.25, 0.3) is 5.69 Å². The van der Waals surface area contributed by atoms with Crippen LogP contribution in [0.15, 0.2) is 24.3 Å². The fourth-order valence-electron chi connectivity index (χ4n) is 3.15. The van der Waals surface area contributed by atoms with Gasteiger partial charge in [0.2, 0.25) is 0 Å². The van der Waals surface area contributed by atoms with Crippen molar-refractivity contribution >= 4 is 5.69 Å². The van der Waals surface area contributed by atoms with E-state index in [-0.39, 0.29) is 10.6 Å². The summed E-state index contributed by atoms with van der Waals surface area (Å²) in [4.78, 5) is 10.8. The Morgan fingerprint density at radius 2 is 2.00 bits per heavy atom. The predicted octanol–water partition coefficient (Wildman–Crippen LogP) is 3.31. The zero-order valence-corrected chi connectivity index (χ0v) is 11.5. The summed E-state index contributed by atoms with van der Waals surface area (Å²) in [5.41, 5.74) is 1.14. The topological polar surface area (TPSA) is 55.2 Å². The fourth-order valence-corrected chi connectivity index (χ4v) is 3.15. The average Bonchev–Trinajstić information content (AvgIpc) is 2.64. The van der Waals surface area contributed by atoms with Crippen molar-refractivity contribution in [3.05, 3.63) is 39.9 Å². The van der Waals surface area contributed by atoms with Crippen molar-refractivity contribution in [1.29, 1.82) is 0 Å². The third kappa shape index (κ3) is 3.53. The first kappa shape index (κ1) is 14.0. The second kappa shape index (κ2) is 6.66. The summed E-state index contributed by atoms with van der Waals surface area (Å²) >= 11 is 0. The molecule has 0 heterocycles. The Hall–Kier alpha value is -1.42. The van der Waals surface area contributed by atoms with Gasteiger partial charge in [0.1, 0.15) is 0 Å². The van der Waals surface area contributed by atoms with Crippen LogP contribution in [0.5, 0.6) is 0 Å². The zero-order valence-electron chi connectivity index (χ0n) is 11.5. The van der Waals surface area contributed by atoms with Gasteiger partial charge in [-0.1, -0.05) is 37.5 Å². The SMILES string of the molecule is CNC1CCCCCC1Cc1ccccc1[N+](=O)[O-]. The first-order valence-corrected chi connectivity index (χ1v) is 7.12. The highest BCUT2D eigenvalue weighted by Crippen LogP contribution is 2.29. The largest absolute Gasteiger partial charge is 0.317 e. The van der Waals surface area contributed by atoms with Crippen molar-refractivity contribution in [2.75, 3.05) is 7.05 Å². The molecule has 0 aliphatic heterocycles. The summed E-state index contributed by atoms with van der Waals surface area (Å²) in [6, 6.07) is 7.63. The first-order valence-electron chi connectivity index (χ1n) is 7.12. The minimum Gasteiger partial charge on any atom is -0.317 e. The molecule has 2 unspecified atom stereocenters. The molecule has 0 aromatic heterocycles. The third-order valence-corrected chi connectivity index (χ3v) is 4.20. The molecule has 104 valence electrons. The van der Waals surface area contributed by atoms with Crippen molar-refractivity contribution in [3.8, 4) is 0 Å². The highest BCUT2D eigenvalue weighted by atomic mass is 16.6. The van der Waals surface area contributed by atoms with Crippen LogP contribution in [0, 0.1) is 16.0 Å². The van der Waals surface area contributed by atoms with Gasteiger partial charge in [0.15, 0.2) is 0 Å². The van der Waals surface area contributed by atoms with E-state index in [2.05, 4.69) is 5.32 Å². The molecule has 2 rings (SSSR count). The van der Waals surface area contributed by atoms with E-state index in [0.29, 0.717) is 12.0 Å². The highest BCUT2D eigenvalue weighted by molar-refractivity contribution is 5.40. The molecule has 1 saturated carbocycles. The summed E-state index contributed by atoms with van der Waals surface area (Å²) in [7, 11) is 2.00. The first-order chi connectivity index (χ1) is 9.22. The number of nitro groups is 1. The Labute approximate surface area is 114 Å². The molecule has 1 aromatic rings. The van der Waals surface area contributed by atoms with E-state index in [0.717, 1.165) is 18.4 Å². The van der Waals surface area contributed by atoms with Crippen LogP contribution in [0.2, 0.25) is 0 Å². The van der Waals surface area contributed by atoms with Crippen LogP contribution in [0.1, 0.15) is 37.7 Å². The number of nitrogens with one attached hydrogen (secondary N) is 1. The number of benzene rings is 1. The van der Waals surface area contributed by atoms with Crippen LogP contribution in [-0.4, -0.2) is 18.0 Å². The summed E-state index contributed by atoms with van der Waals surface area (Å²) in [5.74, 6) is 0.508. The lowest BCUT2D eigenvalue weighted by molar-refractivity contribution is -0.385. The van der Waals surface area contributed by atoms with Crippen LogP contribution in [0.25, 0.3) is 0 Å². The van der Waals surface area contributed by atoms with Gasteiger partial charge in [-0.2, -0.15) is 0 Å².